The molecule has 1 aromatic carbocycles. The smallest absolute Gasteiger partial charge is 0.0842 e. The largest absolute Gasteiger partial charge is 0.361 e. The predicted octanol–water partition coefficient (Wildman–Crippen LogP) is 5.79. The third-order valence-electron chi connectivity index (χ3n) is 4.07. The van der Waals surface area contributed by atoms with E-state index in [0.29, 0.717) is 0 Å². The minimum Gasteiger partial charge on any atom is -0.361 e. The molecule has 0 radical (unpaired) electrons. The van der Waals surface area contributed by atoms with Crippen LogP contribution >= 0.6 is 23.5 Å². The highest BCUT2D eigenvalue weighted by molar-refractivity contribution is 8.19. The maximum atomic E-state index is 3.36. The summed E-state index contributed by atoms with van der Waals surface area (Å²) in [4.78, 5) is 3.36. The molecule has 2 heterocycles. The van der Waals surface area contributed by atoms with Gasteiger partial charge in [-0.25, -0.2) is 0 Å². The Morgan fingerprint density at radius 3 is 2.57 bits per heavy atom. The third kappa shape index (κ3) is 2.91. The predicted molar refractivity (Wildman–Crippen MR) is 99.1 cm³/mol. The fourth-order valence-electron chi connectivity index (χ4n) is 2.76. The van der Waals surface area contributed by atoms with Gasteiger partial charge in [-0.05, 0) is 35.0 Å². The number of nitrogens with one attached hydrogen (secondary N) is 1. The first-order valence-electron chi connectivity index (χ1n) is 7.55. The van der Waals surface area contributed by atoms with Gasteiger partial charge in [0.05, 0.1) is 4.08 Å². The maximum absolute atomic E-state index is 3.36. The molecule has 0 aliphatic carbocycles. The molecule has 3 heteroatoms. The molecule has 21 heavy (non-hydrogen) atoms. The van der Waals surface area contributed by atoms with Gasteiger partial charge in [-0.2, -0.15) is 0 Å². The Morgan fingerprint density at radius 2 is 1.86 bits per heavy atom. The van der Waals surface area contributed by atoms with Gasteiger partial charge in [0.1, 0.15) is 0 Å². The normalized spacial score (nSPS) is 19.4. The summed E-state index contributed by atoms with van der Waals surface area (Å²) >= 11 is 4.22. The zero-order chi connectivity index (χ0) is 14.9. The van der Waals surface area contributed by atoms with Crippen molar-refractivity contribution in [3.05, 3.63) is 42.1 Å². The summed E-state index contributed by atoms with van der Waals surface area (Å²) in [7, 11) is 0. The number of benzene rings is 1. The molecule has 1 aliphatic heterocycles. The van der Waals surface area contributed by atoms with Crippen LogP contribution < -0.4 is 0 Å². The lowest BCUT2D eigenvalue weighted by Gasteiger charge is -2.44. The lowest BCUT2D eigenvalue weighted by Crippen LogP contribution is -2.37. The summed E-state index contributed by atoms with van der Waals surface area (Å²) in [5, 5.41) is 1.31. The second kappa shape index (κ2) is 5.77. The Morgan fingerprint density at radius 1 is 1.14 bits per heavy atom. The van der Waals surface area contributed by atoms with Crippen molar-refractivity contribution in [1.82, 2.24) is 4.98 Å². The molecule has 0 saturated carbocycles. The number of H-pyrrole nitrogens is 1. The van der Waals surface area contributed by atoms with Crippen molar-refractivity contribution in [3.8, 4) is 0 Å². The molecule has 1 saturated heterocycles. The summed E-state index contributed by atoms with van der Waals surface area (Å²) in [5.74, 6) is 2.53. The summed E-state index contributed by atoms with van der Waals surface area (Å²) < 4.78 is 0.184. The van der Waals surface area contributed by atoms with E-state index >= 15 is 0 Å². The van der Waals surface area contributed by atoms with Gasteiger partial charge in [-0.3, -0.25) is 0 Å². The van der Waals surface area contributed by atoms with Crippen LogP contribution in [0.15, 0.2) is 36.5 Å². The second-order valence-corrected chi connectivity index (χ2v) is 9.53. The SMILES string of the molecule is CC(C)(C)C1(/C=C/c2c[nH]c3ccccc23)SCCCS1. The number of fused-ring (bicyclic) bond motifs is 1. The second-order valence-electron chi connectivity index (χ2n) is 6.59. The fourth-order valence-corrected chi connectivity index (χ4v) is 6.15. The van der Waals surface area contributed by atoms with Gasteiger partial charge in [0.2, 0.25) is 0 Å². The highest BCUT2D eigenvalue weighted by Crippen LogP contribution is 2.54. The Labute approximate surface area is 136 Å². The Bertz CT molecular complexity index is 643. The van der Waals surface area contributed by atoms with Crippen molar-refractivity contribution in [1.29, 1.82) is 0 Å². The van der Waals surface area contributed by atoms with E-state index in [2.05, 4.69) is 91.9 Å². The van der Waals surface area contributed by atoms with Gasteiger partial charge in [0, 0.05) is 17.1 Å². The van der Waals surface area contributed by atoms with Crippen molar-refractivity contribution in [2.45, 2.75) is 31.3 Å². The zero-order valence-corrected chi connectivity index (χ0v) is 14.6. The highest BCUT2D eigenvalue weighted by atomic mass is 32.2. The van der Waals surface area contributed by atoms with Crippen LogP contribution in [-0.2, 0) is 0 Å². The number of hydrogen-bond acceptors (Lipinski definition) is 2. The summed E-state index contributed by atoms with van der Waals surface area (Å²) in [5.41, 5.74) is 2.76. The Balaban J connectivity index is 1.95. The quantitative estimate of drug-likeness (QED) is 0.754. The number of hydrogen-bond donors (Lipinski definition) is 1. The molecule has 0 unspecified atom stereocenters. The Hall–Kier alpha value is -0.800. The van der Waals surface area contributed by atoms with Crippen LogP contribution in [0.25, 0.3) is 17.0 Å². The van der Waals surface area contributed by atoms with Crippen LogP contribution in [0.1, 0.15) is 32.8 Å². The number of para-hydroxylation sites is 1. The van der Waals surface area contributed by atoms with Gasteiger partial charge in [0.15, 0.2) is 0 Å². The zero-order valence-electron chi connectivity index (χ0n) is 13.0. The number of aromatic nitrogens is 1. The average molecular weight is 318 g/mol. The number of aromatic amines is 1. The van der Waals surface area contributed by atoms with Gasteiger partial charge in [-0.1, -0.05) is 51.1 Å². The van der Waals surface area contributed by atoms with E-state index in [0.717, 1.165) is 0 Å². The van der Waals surface area contributed by atoms with Crippen LogP contribution in [0, 0.1) is 5.41 Å². The molecule has 2 aromatic rings. The van der Waals surface area contributed by atoms with Crippen LogP contribution in [0.4, 0.5) is 0 Å². The van der Waals surface area contributed by atoms with E-state index in [4.69, 9.17) is 0 Å². The molecule has 1 fully saturated rings. The minimum absolute atomic E-state index is 0.184. The summed E-state index contributed by atoms with van der Waals surface area (Å²) in [6.45, 7) is 7.08. The first-order valence-corrected chi connectivity index (χ1v) is 9.52. The van der Waals surface area contributed by atoms with Gasteiger partial charge < -0.3 is 4.98 Å². The van der Waals surface area contributed by atoms with E-state index in [1.807, 2.05) is 0 Å². The van der Waals surface area contributed by atoms with Crippen LogP contribution in [-0.4, -0.2) is 20.6 Å². The molecule has 0 atom stereocenters. The molecule has 0 bridgehead atoms. The van der Waals surface area contributed by atoms with Crippen LogP contribution in [0.3, 0.4) is 0 Å². The summed E-state index contributed by atoms with van der Waals surface area (Å²) in [6.07, 6.45) is 8.20. The minimum atomic E-state index is 0.184. The van der Waals surface area contributed by atoms with Crippen molar-refractivity contribution < 1.29 is 0 Å². The van der Waals surface area contributed by atoms with Gasteiger partial charge >= 0.3 is 0 Å². The molecule has 0 spiro atoms. The summed E-state index contributed by atoms with van der Waals surface area (Å²) in [6, 6.07) is 8.51. The van der Waals surface area contributed by atoms with E-state index in [1.54, 1.807) is 0 Å². The molecule has 3 rings (SSSR count). The molecule has 1 aliphatic rings. The molecule has 1 nitrogen and oxygen atoms in total. The van der Waals surface area contributed by atoms with Crippen LogP contribution in [0.5, 0.6) is 0 Å². The Kier molecular flexibility index (Phi) is 4.15. The molecular formula is C18H23NS2. The number of thioether (sulfide) groups is 2. The fraction of sp³-hybridized carbons (Fsp3) is 0.444. The lowest BCUT2D eigenvalue weighted by atomic mass is 9.90. The van der Waals surface area contributed by atoms with E-state index in [9.17, 15) is 0 Å². The van der Waals surface area contributed by atoms with Crippen molar-refractivity contribution >= 4 is 40.5 Å². The van der Waals surface area contributed by atoms with Crippen molar-refractivity contribution in [2.24, 2.45) is 5.41 Å². The van der Waals surface area contributed by atoms with E-state index in [1.165, 1.54) is 34.4 Å². The topological polar surface area (TPSA) is 15.8 Å². The van der Waals surface area contributed by atoms with Gasteiger partial charge in [0.25, 0.3) is 0 Å². The molecular weight excluding hydrogens is 294 g/mol. The number of rotatable bonds is 2. The lowest BCUT2D eigenvalue weighted by molar-refractivity contribution is 0.408. The molecule has 0 amide bonds. The standard InChI is InChI=1S/C18H23NS2/c1-17(2,3)18(20-11-6-12-21-18)10-9-14-13-19-16-8-5-4-7-15(14)16/h4-5,7-10,13,19H,6,11-12H2,1-3H3/b10-9+. The molecule has 1 aromatic heterocycles. The van der Waals surface area contributed by atoms with Gasteiger partial charge in [-0.15, -0.1) is 23.5 Å². The third-order valence-corrected chi connectivity index (χ3v) is 8.12. The molecule has 1 N–H and O–H groups in total. The molecule has 112 valence electrons. The first kappa shape index (κ1) is 15.1. The monoisotopic (exact) mass is 317 g/mol. The van der Waals surface area contributed by atoms with E-state index in [-0.39, 0.29) is 9.49 Å². The first-order chi connectivity index (χ1) is 10.0. The highest BCUT2D eigenvalue weighted by Gasteiger charge is 2.42. The average Bonchev–Trinajstić information content (AvgIpc) is 2.88. The van der Waals surface area contributed by atoms with Crippen molar-refractivity contribution in [2.75, 3.05) is 11.5 Å². The van der Waals surface area contributed by atoms with Crippen LogP contribution in [0.2, 0.25) is 0 Å². The van der Waals surface area contributed by atoms with E-state index < -0.39 is 0 Å². The van der Waals surface area contributed by atoms with Crippen molar-refractivity contribution in [3.63, 3.8) is 0 Å². The maximum Gasteiger partial charge on any atom is 0.0842 e.